The number of aryl methyl sites for hydroxylation is 1. The highest BCUT2D eigenvalue weighted by atomic mass is 16.6. The first kappa shape index (κ1) is 14.4. The van der Waals surface area contributed by atoms with Gasteiger partial charge in [0.15, 0.2) is 0 Å². The molecule has 2 rings (SSSR count). The summed E-state index contributed by atoms with van der Waals surface area (Å²) >= 11 is 0. The maximum atomic E-state index is 11.9. The van der Waals surface area contributed by atoms with Gasteiger partial charge in [0, 0.05) is 13.0 Å². The van der Waals surface area contributed by atoms with E-state index in [9.17, 15) is 9.59 Å². The Kier molecular flexibility index (Phi) is 3.97. The van der Waals surface area contributed by atoms with E-state index >= 15 is 0 Å². The van der Waals surface area contributed by atoms with Crippen molar-refractivity contribution in [2.24, 2.45) is 0 Å². The number of hydrogen-bond donors (Lipinski definition) is 1. The molecule has 5 heteroatoms. The number of benzene rings is 1. The Morgan fingerprint density at radius 3 is 2.80 bits per heavy atom. The number of cyclic esters (lactones) is 1. The molecule has 1 N–H and O–H groups in total. The highest BCUT2D eigenvalue weighted by molar-refractivity contribution is 5.72. The monoisotopic (exact) mass is 277 g/mol. The van der Waals surface area contributed by atoms with Gasteiger partial charge >= 0.3 is 12.1 Å². The van der Waals surface area contributed by atoms with E-state index in [1.165, 1.54) is 0 Å². The summed E-state index contributed by atoms with van der Waals surface area (Å²) in [5.74, 6) is -0.860. The number of amides is 1. The quantitative estimate of drug-likeness (QED) is 0.898. The van der Waals surface area contributed by atoms with E-state index in [4.69, 9.17) is 9.84 Å². The van der Waals surface area contributed by atoms with Crippen molar-refractivity contribution in [2.75, 3.05) is 6.61 Å². The van der Waals surface area contributed by atoms with Gasteiger partial charge in [0.1, 0.15) is 6.61 Å². The predicted octanol–water partition coefficient (Wildman–Crippen LogP) is 2.57. The molecule has 108 valence electrons. The van der Waals surface area contributed by atoms with E-state index in [1.807, 2.05) is 38.1 Å². The Morgan fingerprint density at radius 1 is 1.45 bits per heavy atom. The Bertz CT molecular complexity index is 528. The molecule has 0 radical (unpaired) electrons. The molecule has 0 aromatic heterocycles. The summed E-state index contributed by atoms with van der Waals surface area (Å²) in [6, 6.07) is 7.84. The molecule has 0 bridgehead atoms. The molecule has 0 spiro atoms. The number of rotatable bonds is 5. The lowest BCUT2D eigenvalue weighted by Crippen LogP contribution is -2.44. The van der Waals surface area contributed by atoms with Crippen LogP contribution in [0.1, 0.15) is 30.9 Å². The van der Waals surface area contributed by atoms with E-state index in [-0.39, 0.29) is 19.1 Å². The molecule has 20 heavy (non-hydrogen) atoms. The summed E-state index contributed by atoms with van der Waals surface area (Å²) in [6.07, 6.45) is 0.0401. The molecule has 1 amide bonds. The Hall–Kier alpha value is -2.04. The number of carboxylic acid groups (broad SMARTS) is 1. The Morgan fingerprint density at radius 2 is 2.15 bits per heavy atom. The minimum atomic E-state index is -0.860. The van der Waals surface area contributed by atoms with Gasteiger partial charge in [-0.25, -0.2) is 4.79 Å². The van der Waals surface area contributed by atoms with Crippen LogP contribution in [-0.2, 0) is 16.1 Å². The van der Waals surface area contributed by atoms with Crippen LogP contribution in [0.25, 0.3) is 0 Å². The lowest BCUT2D eigenvalue weighted by Gasteiger charge is -2.32. The molecule has 0 saturated carbocycles. The molecule has 1 aromatic carbocycles. The first-order valence-corrected chi connectivity index (χ1v) is 6.63. The summed E-state index contributed by atoms with van der Waals surface area (Å²) in [6.45, 7) is 4.55. The molecule has 5 nitrogen and oxygen atoms in total. The molecule has 1 heterocycles. The predicted molar refractivity (Wildman–Crippen MR) is 73.3 cm³/mol. The molecule has 0 aliphatic carbocycles. The molecule has 1 aromatic rings. The van der Waals surface area contributed by atoms with Gasteiger partial charge in [0.25, 0.3) is 0 Å². The van der Waals surface area contributed by atoms with E-state index in [2.05, 4.69) is 0 Å². The van der Waals surface area contributed by atoms with E-state index in [1.54, 1.807) is 4.90 Å². The Balaban J connectivity index is 2.16. The van der Waals surface area contributed by atoms with E-state index in [0.29, 0.717) is 13.0 Å². The van der Waals surface area contributed by atoms with E-state index in [0.717, 1.165) is 11.1 Å². The zero-order valence-corrected chi connectivity index (χ0v) is 11.8. The van der Waals surface area contributed by atoms with Crippen LogP contribution < -0.4 is 0 Å². The maximum Gasteiger partial charge on any atom is 0.410 e. The number of carboxylic acids is 1. The largest absolute Gasteiger partial charge is 0.481 e. The smallest absolute Gasteiger partial charge is 0.410 e. The molecule has 1 unspecified atom stereocenters. The number of carbonyl (C=O) groups is 2. The highest BCUT2D eigenvalue weighted by Crippen LogP contribution is 2.31. The number of ether oxygens (including phenoxy) is 1. The molecule has 1 fully saturated rings. The van der Waals surface area contributed by atoms with Crippen LogP contribution in [0.2, 0.25) is 0 Å². The third-order valence-electron chi connectivity index (χ3n) is 3.85. The van der Waals surface area contributed by atoms with Crippen molar-refractivity contribution in [1.29, 1.82) is 0 Å². The van der Waals surface area contributed by atoms with Crippen LogP contribution in [-0.4, -0.2) is 34.2 Å². The van der Waals surface area contributed by atoms with Crippen LogP contribution >= 0.6 is 0 Å². The van der Waals surface area contributed by atoms with Gasteiger partial charge in [-0.15, -0.1) is 0 Å². The first-order valence-electron chi connectivity index (χ1n) is 6.63. The zero-order chi connectivity index (χ0) is 14.8. The summed E-state index contributed by atoms with van der Waals surface area (Å²) < 4.78 is 5.12. The zero-order valence-electron chi connectivity index (χ0n) is 11.8. The first-order chi connectivity index (χ1) is 9.42. The molecular weight excluding hydrogens is 258 g/mol. The van der Waals surface area contributed by atoms with Crippen LogP contribution in [0.5, 0.6) is 0 Å². The lowest BCUT2D eigenvalue weighted by molar-refractivity contribution is -0.137. The average Bonchev–Trinajstić information content (AvgIpc) is 2.68. The van der Waals surface area contributed by atoms with Gasteiger partial charge in [0.2, 0.25) is 0 Å². The average molecular weight is 277 g/mol. The fraction of sp³-hybridized carbons (Fsp3) is 0.467. The molecular formula is C15H19NO4. The maximum absolute atomic E-state index is 11.9. The van der Waals surface area contributed by atoms with Crippen molar-refractivity contribution >= 4 is 12.1 Å². The third-order valence-corrected chi connectivity index (χ3v) is 3.85. The van der Waals surface area contributed by atoms with Crippen molar-refractivity contribution in [1.82, 2.24) is 4.90 Å². The Labute approximate surface area is 118 Å². The number of hydrogen-bond acceptors (Lipinski definition) is 3. The lowest BCUT2D eigenvalue weighted by atomic mass is 9.94. The summed E-state index contributed by atoms with van der Waals surface area (Å²) in [4.78, 5) is 24.3. The normalized spacial score (nSPS) is 21.9. The van der Waals surface area contributed by atoms with Crippen molar-refractivity contribution in [2.45, 2.75) is 38.8 Å². The van der Waals surface area contributed by atoms with Gasteiger partial charge in [-0.2, -0.15) is 0 Å². The number of carbonyl (C=O) groups excluding carboxylic acids is 1. The van der Waals surface area contributed by atoms with Crippen LogP contribution in [0.4, 0.5) is 4.79 Å². The summed E-state index contributed by atoms with van der Waals surface area (Å²) in [7, 11) is 0. The second kappa shape index (κ2) is 5.53. The standard InChI is InChI=1S/C15H19NO4/c1-11-5-3-4-6-12(11)9-16-14(19)20-10-15(16,2)8-7-13(17)18/h3-6H,7-10H2,1-2H3,(H,17,18). The number of aliphatic carboxylic acids is 1. The van der Waals surface area contributed by atoms with E-state index < -0.39 is 11.5 Å². The second-order valence-electron chi connectivity index (χ2n) is 5.46. The molecule has 1 aliphatic heterocycles. The van der Waals surface area contributed by atoms with Crippen molar-refractivity contribution in [3.05, 3.63) is 35.4 Å². The highest BCUT2D eigenvalue weighted by Gasteiger charge is 2.43. The van der Waals surface area contributed by atoms with Crippen molar-refractivity contribution in [3.8, 4) is 0 Å². The van der Waals surface area contributed by atoms with Gasteiger partial charge < -0.3 is 9.84 Å². The third kappa shape index (κ3) is 2.92. The SMILES string of the molecule is Cc1ccccc1CN1C(=O)OCC1(C)CCC(=O)O. The van der Waals surface area contributed by atoms with Gasteiger partial charge in [-0.05, 0) is 31.4 Å². The molecule has 1 atom stereocenters. The topological polar surface area (TPSA) is 66.8 Å². The van der Waals surface area contributed by atoms with Crippen molar-refractivity contribution in [3.63, 3.8) is 0 Å². The van der Waals surface area contributed by atoms with Crippen LogP contribution in [0, 0.1) is 6.92 Å². The summed E-state index contributed by atoms with van der Waals surface area (Å²) in [5.41, 5.74) is 1.60. The van der Waals surface area contributed by atoms with Gasteiger partial charge in [-0.3, -0.25) is 9.69 Å². The van der Waals surface area contributed by atoms with Gasteiger partial charge in [0.05, 0.1) is 5.54 Å². The fourth-order valence-corrected chi connectivity index (χ4v) is 2.39. The van der Waals surface area contributed by atoms with Gasteiger partial charge in [-0.1, -0.05) is 24.3 Å². The second-order valence-corrected chi connectivity index (χ2v) is 5.46. The van der Waals surface area contributed by atoms with Crippen LogP contribution in [0.15, 0.2) is 24.3 Å². The molecule has 1 aliphatic rings. The summed E-state index contributed by atoms with van der Waals surface area (Å²) in [5, 5.41) is 8.83. The van der Waals surface area contributed by atoms with Crippen LogP contribution in [0.3, 0.4) is 0 Å². The molecule has 1 saturated heterocycles. The number of nitrogens with zero attached hydrogens (tertiary/aromatic N) is 1. The minimum Gasteiger partial charge on any atom is -0.481 e. The minimum absolute atomic E-state index is 0.0252. The van der Waals surface area contributed by atoms with Crippen molar-refractivity contribution < 1.29 is 19.4 Å². The fourth-order valence-electron chi connectivity index (χ4n) is 2.39.